The second-order valence-corrected chi connectivity index (χ2v) is 9.13. The summed E-state index contributed by atoms with van der Waals surface area (Å²) < 4.78 is 121. The first-order valence-corrected chi connectivity index (χ1v) is 9.64. The number of hydrogen-bond acceptors (Lipinski definition) is 4. The zero-order valence-electron chi connectivity index (χ0n) is 12.7. The summed E-state index contributed by atoms with van der Waals surface area (Å²) in [6.45, 7) is 0.592. The van der Waals surface area contributed by atoms with Crippen molar-refractivity contribution < 1.29 is 47.7 Å². The fraction of sp³-hybridized carbons (Fsp3) is 0.636. The molecule has 0 spiro atoms. The lowest BCUT2D eigenvalue weighted by molar-refractivity contribution is -0.689. The van der Waals surface area contributed by atoms with Gasteiger partial charge in [-0.25, -0.2) is 4.57 Å². The normalized spacial score (nSPS) is 14.2. The number of hydrogen-bond donors (Lipinski definition) is 0. The molecule has 0 saturated heterocycles. The van der Waals surface area contributed by atoms with E-state index in [-0.39, 0.29) is 0 Å². The number of sulfone groups is 2. The highest BCUT2D eigenvalue weighted by molar-refractivity contribution is 8.13. The lowest BCUT2D eigenvalue weighted by atomic mass is 10.3. The predicted molar refractivity (Wildman–Crippen MR) is 72.7 cm³/mol. The molecule has 1 aromatic heterocycles. The summed E-state index contributed by atoms with van der Waals surface area (Å²) in [5, 5.41) is 0. The molecule has 25 heavy (non-hydrogen) atoms. The number of unbranched alkanes of at least 4 members (excludes halogenated alkanes) is 1. The molecule has 0 aliphatic rings. The van der Waals surface area contributed by atoms with Crippen LogP contribution in [0, 0.1) is 4.58 Å². The van der Waals surface area contributed by atoms with Crippen LogP contribution in [0.1, 0.15) is 19.8 Å². The lowest BCUT2D eigenvalue weighted by Gasteiger charge is -2.29. The molecule has 0 fully saturated rings. The quantitative estimate of drug-likeness (QED) is 0.387. The lowest BCUT2D eigenvalue weighted by Crippen LogP contribution is -2.47. The van der Waals surface area contributed by atoms with Crippen LogP contribution in [-0.2, 0) is 32.8 Å². The summed E-state index contributed by atoms with van der Waals surface area (Å²) in [5.74, 6) is 0. The van der Waals surface area contributed by atoms with E-state index in [4.69, 9.17) is 0 Å². The van der Waals surface area contributed by atoms with Gasteiger partial charge in [0.1, 0.15) is 32.1 Å². The van der Waals surface area contributed by atoms with Gasteiger partial charge in [-0.15, -0.1) is 0 Å². The number of nitrogens with zero attached hydrogens (tertiary/aromatic N) is 2. The number of aromatic nitrogens is 2. The van der Waals surface area contributed by atoms with Gasteiger partial charge in [-0.3, -0.25) is 21.4 Å². The number of alkyl halides is 6. The minimum absolute atomic E-state index is 0.372. The summed E-state index contributed by atoms with van der Waals surface area (Å²) in [6.07, 6.45) is 4.67. The Morgan fingerprint density at radius 1 is 1.00 bits per heavy atom. The topological polar surface area (TPSA) is 77.1 Å². The third kappa shape index (κ3) is 4.65. The zero-order valence-corrected chi connectivity index (χ0v) is 14.3. The summed E-state index contributed by atoms with van der Waals surface area (Å²) in [4.78, 5) is 0. The molecule has 0 atom stereocenters. The monoisotopic (exact) mass is 416 g/mol. The first-order valence-electron chi connectivity index (χ1n) is 6.68. The first-order chi connectivity index (χ1) is 11.1. The zero-order chi connectivity index (χ0) is 19.7. The Labute approximate surface area is 139 Å². The molecule has 0 bridgehead atoms. The number of rotatable bonds is 7. The first kappa shape index (κ1) is 21.7. The van der Waals surface area contributed by atoms with Crippen molar-refractivity contribution in [2.45, 2.75) is 43.9 Å². The molecule has 1 heterocycles. The average Bonchev–Trinajstić information content (AvgIpc) is 2.87. The van der Waals surface area contributed by atoms with Crippen molar-refractivity contribution in [2.24, 2.45) is 0 Å². The van der Waals surface area contributed by atoms with E-state index in [1.165, 1.54) is 10.8 Å². The van der Waals surface area contributed by atoms with Crippen LogP contribution >= 0.6 is 0 Å². The van der Waals surface area contributed by atoms with Gasteiger partial charge < -0.3 is 0 Å². The van der Waals surface area contributed by atoms with Crippen LogP contribution in [0.3, 0.4) is 0 Å². The number of aryl methyl sites for hydroxylation is 1. The van der Waals surface area contributed by atoms with Gasteiger partial charge >= 0.3 is 11.0 Å². The Bertz CT molecular complexity index is 751. The third-order valence-corrected chi connectivity index (χ3v) is 7.03. The molecular formula is C11H14F6N2O4S2. The maximum Gasteiger partial charge on any atom is 0.470 e. The van der Waals surface area contributed by atoms with Crippen molar-refractivity contribution in [1.29, 1.82) is 0 Å². The predicted octanol–water partition coefficient (Wildman–Crippen LogP) is 1.93. The molecule has 1 rings (SSSR count). The van der Waals surface area contributed by atoms with Gasteiger partial charge in [0.05, 0.1) is 6.54 Å². The van der Waals surface area contributed by atoms with E-state index in [1.807, 2.05) is 6.92 Å². The third-order valence-electron chi connectivity index (χ3n) is 3.04. The van der Waals surface area contributed by atoms with Gasteiger partial charge in [0, 0.05) is 0 Å². The molecule has 0 aliphatic carbocycles. The Morgan fingerprint density at radius 2 is 1.48 bits per heavy atom. The summed E-state index contributed by atoms with van der Waals surface area (Å²) in [6, 6.07) is 0. The minimum Gasteiger partial charge on any atom is -0.265 e. The molecule has 0 aromatic carbocycles. The Balaban J connectivity index is 3.33. The van der Waals surface area contributed by atoms with Gasteiger partial charge in [0.15, 0.2) is 0 Å². The molecule has 1 aromatic rings. The fourth-order valence-electron chi connectivity index (χ4n) is 1.73. The maximum atomic E-state index is 12.6. The van der Waals surface area contributed by atoms with E-state index in [2.05, 4.69) is 0 Å². The van der Waals surface area contributed by atoms with E-state index >= 15 is 0 Å². The van der Waals surface area contributed by atoms with Crippen molar-refractivity contribution in [1.82, 2.24) is 4.57 Å². The van der Waals surface area contributed by atoms with Crippen LogP contribution in [0.4, 0.5) is 26.3 Å². The summed E-state index contributed by atoms with van der Waals surface area (Å²) >= 11 is 0. The number of imidazole rings is 1. The molecule has 0 unspecified atom stereocenters. The minimum atomic E-state index is -6.71. The van der Waals surface area contributed by atoms with Gasteiger partial charge in [-0.05, 0) is 17.5 Å². The van der Waals surface area contributed by atoms with Crippen LogP contribution in [0.2, 0.25) is 0 Å². The van der Waals surface area contributed by atoms with Crippen molar-refractivity contribution in [3.63, 3.8) is 0 Å². The van der Waals surface area contributed by atoms with E-state index in [1.54, 1.807) is 0 Å². The molecule has 0 radical (unpaired) electrons. The van der Waals surface area contributed by atoms with Crippen LogP contribution < -0.4 is 4.57 Å². The SMILES string of the molecule is CCCCn1cc[n+](C[C-](S(=O)(=O)C(F)(F)F)S(=O)(=O)C(F)(F)F)c1. The van der Waals surface area contributed by atoms with Crippen LogP contribution in [0.15, 0.2) is 18.7 Å². The second-order valence-electron chi connectivity index (χ2n) is 4.95. The van der Waals surface area contributed by atoms with E-state index in [0.29, 0.717) is 17.5 Å². The van der Waals surface area contributed by atoms with Crippen LogP contribution in [0.25, 0.3) is 0 Å². The summed E-state index contributed by atoms with van der Waals surface area (Å²) in [5.41, 5.74) is -12.4. The van der Waals surface area contributed by atoms with Gasteiger partial charge in [-0.1, -0.05) is 13.3 Å². The van der Waals surface area contributed by atoms with Gasteiger partial charge in [0.2, 0.25) is 6.33 Å². The molecule has 146 valence electrons. The Morgan fingerprint density at radius 3 is 1.88 bits per heavy atom. The van der Waals surface area contributed by atoms with E-state index in [9.17, 15) is 43.2 Å². The Kier molecular flexibility index (Phi) is 6.20. The molecule has 6 nitrogen and oxygen atoms in total. The standard InChI is InChI=1S/C11H14F6N2O4S2/c1-2-3-4-18-5-6-19(8-18)7-9(24(20,21)10(12,13)14)25(22,23)11(15,16)17/h5-6,8H,2-4,7H2,1H3. The fourth-order valence-corrected chi connectivity index (χ4v) is 4.60. The highest BCUT2D eigenvalue weighted by Crippen LogP contribution is 2.40. The van der Waals surface area contributed by atoms with Crippen LogP contribution in [-0.4, -0.2) is 32.4 Å². The molecule has 0 amide bonds. The molecule has 0 aliphatic heterocycles. The van der Waals surface area contributed by atoms with Crippen molar-refractivity contribution >= 4 is 19.7 Å². The second kappa shape index (κ2) is 7.13. The average molecular weight is 416 g/mol. The molecule has 0 saturated carbocycles. The highest BCUT2D eigenvalue weighted by Gasteiger charge is 2.54. The van der Waals surface area contributed by atoms with Gasteiger partial charge in [0.25, 0.3) is 0 Å². The maximum absolute atomic E-state index is 12.6. The highest BCUT2D eigenvalue weighted by atomic mass is 32.3. The number of halogens is 6. The van der Waals surface area contributed by atoms with Gasteiger partial charge in [-0.2, -0.15) is 26.3 Å². The van der Waals surface area contributed by atoms with Crippen molar-refractivity contribution in [3.05, 3.63) is 23.3 Å². The molecule has 14 heteroatoms. The molecular weight excluding hydrogens is 402 g/mol. The smallest absolute Gasteiger partial charge is 0.265 e. The summed E-state index contributed by atoms with van der Waals surface area (Å²) in [7, 11) is -13.4. The molecule has 0 N–H and O–H groups in total. The van der Waals surface area contributed by atoms with E-state index < -0.39 is 41.8 Å². The van der Waals surface area contributed by atoms with E-state index in [0.717, 1.165) is 18.9 Å². The van der Waals surface area contributed by atoms with Crippen LogP contribution in [0.5, 0.6) is 0 Å². The van der Waals surface area contributed by atoms with Crippen molar-refractivity contribution in [2.75, 3.05) is 0 Å². The van der Waals surface area contributed by atoms with Crippen molar-refractivity contribution in [3.8, 4) is 0 Å². The largest absolute Gasteiger partial charge is 0.470 e. The Hall–Kier alpha value is -1.31.